The molecule has 0 spiro atoms. The number of benzene rings is 1. The molecule has 0 unspecified atom stereocenters. The molecule has 1 heterocycles. The molecule has 3 heteroatoms. The molecular weight excluding hydrogens is 226 g/mol. The molecule has 0 atom stereocenters. The van der Waals surface area contributed by atoms with Crippen LogP contribution in [0.2, 0.25) is 0 Å². The minimum absolute atomic E-state index is 0.0500. The van der Waals surface area contributed by atoms with Crippen LogP contribution in [0.3, 0.4) is 0 Å². The Balaban J connectivity index is 1.99. The van der Waals surface area contributed by atoms with Crippen LogP contribution in [0.1, 0.15) is 38.2 Å². The zero-order chi connectivity index (χ0) is 13.0. The molecule has 1 aliphatic heterocycles. The third kappa shape index (κ3) is 3.33. The maximum absolute atomic E-state index is 12.0. The van der Waals surface area contributed by atoms with Crippen LogP contribution in [0.15, 0.2) is 24.3 Å². The molecule has 1 fully saturated rings. The Kier molecular flexibility index (Phi) is 4.37. The van der Waals surface area contributed by atoms with Gasteiger partial charge in [-0.15, -0.1) is 0 Å². The van der Waals surface area contributed by atoms with Gasteiger partial charge >= 0.3 is 5.97 Å². The number of ether oxygens (including phenoxy) is 1. The summed E-state index contributed by atoms with van der Waals surface area (Å²) in [5.41, 5.74) is 1.20. The van der Waals surface area contributed by atoms with Gasteiger partial charge in [-0.1, -0.05) is 26.0 Å². The van der Waals surface area contributed by atoms with Crippen LogP contribution in [0, 0.1) is 5.92 Å². The Bertz CT molecular complexity index is 409. The third-order valence-corrected chi connectivity index (χ3v) is 3.42. The fraction of sp³-hybridized carbons (Fsp3) is 0.533. The highest BCUT2D eigenvalue weighted by Crippen LogP contribution is 2.22. The molecule has 1 aromatic carbocycles. The van der Waals surface area contributed by atoms with Gasteiger partial charge < -0.3 is 10.1 Å². The predicted molar refractivity (Wildman–Crippen MR) is 71.8 cm³/mol. The van der Waals surface area contributed by atoms with E-state index in [1.165, 1.54) is 5.56 Å². The van der Waals surface area contributed by atoms with Gasteiger partial charge in [0.15, 0.2) is 0 Å². The van der Waals surface area contributed by atoms with Gasteiger partial charge in [0.2, 0.25) is 0 Å². The molecule has 0 saturated carbocycles. The normalized spacial score (nSPS) is 16.8. The summed E-state index contributed by atoms with van der Waals surface area (Å²) in [4.78, 5) is 12.0. The van der Waals surface area contributed by atoms with E-state index in [-0.39, 0.29) is 11.9 Å². The van der Waals surface area contributed by atoms with E-state index < -0.39 is 0 Å². The van der Waals surface area contributed by atoms with Crippen LogP contribution >= 0.6 is 0 Å². The maximum Gasteiger partial charge on any atom is 0.314 e. The fourth-order valence-electron chi connectivity index (χ4n) is 2.19. The van der Waals surface area contributed by atoms with E-state index in [9.17, 15) is 4.79 Å². The molecule has 1 saturated heterocycles. The summed E-state index contributed by atoms with van der Waals surface area (Å²) in [5.74, 6) is 1.08. The van der Waals surface area contributed by atoms with Crippen LogP contribution in [0.25, 0.3) is 0 Å². The van der Waals surface area contributed by atoms with Crippen LogP contribution in [0.4, 0.5) is 0 Å². The third-order valence-electron chi connectivity index (χ3n) is 3.42. The number of piperidine rings is 1. The molecule has 1 N–H and O–H groups in total. The first-order valence-corrected chi connectivity index (χ1v) is 6.69. The van der Waals surface area contributed by atoms with E-state index in [0.717, 1.165) is 25.9 Å². The highest BCUT2D eigenvalue weighted by Gasteiger charge is 2.22. The number of nitrogens with one attached hydrogen (secondary N) is 1. The lowest BCUT2D eigenvalue weighted by Gasteiger charge is -2.21. The molecule has 0 amide bonds. The highest BCUT2D eigenvalue weighted by molar-refractivity contribution is 5.75. The number of rotatable bonds is 3. The average molecular weight is 247 g/mol. The van der Waals surface area contributed by atoms with Crippen LogP contribution in [0.5, 0.6) is 5.75 Å². The topological polar surface area (TPSA) is 38.3 Å². The zero-order valence-electron chi connectivity index (χ0n) is 11.1. The largest absolute Gasteiger partial charge is 0.426 e. The smallest absolute Gasteiger partial charge is 0.314 e. The molecule has 0 aromatic heterocycles. The molecule has 0 radical (unpaired) electrons. The molecule has 0 bridgehead atoms. The Morgan fingerprint density at radius 2 is 2.06 bits per heavy atom. The van der Waals surface area contributed by atoms with Crippen LogP contribution < -0.4 is 10.1 Å². The molecule has 1 aromatic rings. The minimum atomic E-state index is -0.0857. The predicted octanol–water partition coefficient (Wildman–Crippen LogP) is 2.72. The summed E-state index contributed by atoms with van der Waals surface area (Å²) < 4.78 is 5.48. The zero-order valence-corrected chi connectivity index (χ0v) is 11.1. The molecule has 1 aliphatic rings. The van der Waals surface area contributed by atoms with E-state index in [4.69, 9.17) is 4.74 Å². The second-order valence-corrected chi connectivity index (χ2v) is 5.17. The maximum atomic E-state index is 12.0. The number of carbonyl (C=O) groups is 1. The average Bonchev–Trinajstić information content (AvgIpc) is 2.40. The summed E-state index contributed by atoms with van der Waals surface area (Å²) in [6, 6.07) is 7.82. The van der Waals surface area contributed by atoms with Crippen molar-refractivity contribution in [2.45, 2.75) is 32.6 Å². The summed E-state index contributed by atoms with van der Waals surface area (Å²) in [5, 5.41) is 3.25. The van der Waals surface area contributed by atoms with Crippen molar-refractivity contribution in [3.63, 3.8) is 0 Å². The van der Waals surface area contributed by atoms with Crippen LogP contribution in [-0.2, 0) is 4.79 Å². The van der Waals surface area contributed by atoms with Crippen molar-refractivity contribution < 1.29 is 9.53 Å². The van der Waals surface area contributed by atoms with E-state index in [1.807, 2.05) is 18.2 Å². The Morgan fingerprint density at radius 1 is 1.33 bits per heavy atom. The van der Waals surface area contributed by atoms with E-state index in [2.05, 4.69) is 25.2 Å². The van der Waals surface area contributed by atoms with Gasteiger partial charge in [0.1, 0.15) is 5.75 Å². The van der Waals surface area contributed by atoms with E-state index in [0.29, 0.717) is 11.7 Å². The van der Waals surface area contributed by atoms with Crippen molar-refractivity contribution in [3.8, 4) is 5.75 Å². The Hall–Kier alpha value is -1.35. The van der Waals surface area contributed by atoms with Crippen molar-refractivity contribution >= 4 is 5.97 Å². The first-order chi connectivity index (χ1) is 8.66. The fourth-order valence-corrected chi connectivity index (χ4v) is 2.19. The molecule has 3 nitrogen and oxygen atoms in total. The summed E-state index contributed by atoms with van der Waals surface area (Å²) in [7, 11) is 0. The molecule has 2 rings (SSSR count). The van der Waals surface area contributed by atoms with Gasteiger partial charge in [-0.2, -0.15) is 0 Å². The monoisotopic (exact) mass is 247 g/mol. The van der Waals surface area contributed by atoms with Gasteiger partial charge in [0, 0.05) is 0 Å². The summed E-state index contributed by atoms with van der Waals surface area (Å²) >= 11 is 0. The number of hydrogen-bond acceptors (Lipinski definition) is 3. The Morgan fingerprint density at radius 3 is 2.72 bits per heavy atom. The standard InChI is InChI=1S/C15H21NO2/c1-11(2)13-4-3-5-14(10-13)18-15(17)12-6-8-16-9-7-12/h3-5,10-12,16H,6-9H2,1-2H3. The first-order valence-electron chi connectivity index (χ1n) is 6.69. The van der Waals surface area contributed by atoms with Crippen molar-refractivity contribution in [2.24, 2.45) is 5.92 Å². The molecule has 18 heavy (non-hydrogen) atoms. The SMILES string of the molecule is CC(C)c1cccc(OC(=O)C2CCNCC2)c1. The first kappa shape index (κ1) is 13.1. The van der Waals surface area contributed by atoms with Crippen LogP contribution in [-0.4, -0.2) is 19.1 Å². The van der Waals surface area contributed by atoms with E-state index >= 15 is 0 Å². The quantitative estimate of drug-likeness (QED) is 0.659. The Labute approximate surface area is 109 Å². The van der Waals surface area contributed by atoms with Gasteiger partial charge in [-0.3, -0.25) is 4.79 Å². The van der Waals surface area contributed by atoms with Gasteiger partial charge in [0.05, 0.1) is 5.92 Å². The molecule has 98 valence electrons. The molecule has 0 aliphatic carbocycles. The minimum Gasteiger partial charge on any atom is -0.426 e. The second-order valence-electron chi connectivity index (χ2n) is 5.17. The highest BCUT2D eigenvalue weighted by atomic mass is 16.5. The lowest BCUT2D eigenvalue weighted by Crippen LogP contribution is -2.33. The van der Waals surface area contributed by atoms with Gasteiger partial charge in [-0.25, -0.2) is 0 Å². The van der Waals surface area contributed by atoms with Gasteiger partial charge in [-0.05, 0) is 49.5 Å². The van der Waals surface area contributed by atoms with Crippen molar-refractivity contribution in [3.05, 3.63) is 29.8 Å². The summed E-state index contributed by atoms with van der Waals surface area (Å²) in [6.45, 7) is 6.08. The number of hydrogen-bond donors (Lipinski definition) is 1. The lowest BCUT2D eigenvalue weighted by molar-refractivity contribution is -0.139. The van der Waals surface area contributed by atoms with E-state index in [1.54, 1.807) is 0 Å². The van der Waals surface area contributed by atoms with Crippen molar-refractivity contribution in [1.29, 1.82) is 0 Å². The summed E-state index contributed by atoms with van der Waals surface area (Å²) in [6.07, 6.45) is 1.76. The van der Waals surface area contributed by atoms with Gasteiger partial charge in [0.25, 0.3) is 0 Å². The molecular formula is C15H21NO2. The number of esters is 1. The van der Waals surface area contributed by atoms with Crippen molar-refractivity contribution in [1.82, 2.24) is 5.32 Å². The van der Waals surface area contributed by atoms with Crippen molar-refractivity contribution in [2.75, 3.05) is 13.1 Å². The second kappa shape index (κ2) is 6.01. The lowest BCUT2D eigenvalue weighted by atomic mass is 9.98. The number of carbonyl (C=O) groups excluding carboxylic acids is 1.